The van der Waals surface area contributed by atoms with E-state index in [1.807, 2.05) is 67.5 Å². The zero-order chi connectivity index (χ0) is 52.3. The van der Waals surface area contributed by atoms with Crippen molar-refractivity contribution in [2.24, 2.45) is 0 Å². The van der Waals surface area contributed by atoms with Crippen LogP contribution in [0.5, 0.6) is 0 Å². The molecular weight excluding hydrogens is 1240 g/mol. The molecule has 4 unspecified atom stereocenters. The summed E-state index contributed by atoms with van der Waals surface area (Å²) in [5.41, 5.74) is 4.12. The predicted molar refractivity (Wildman–Crippen MR) is 327 cm³/mol. The molecule has 4 aliphatic heterocycles. The first kappa shape index (κ1) is 64.2. The maximum atomic E-state index is 13.2. The molecule has 2 amide bonds. The number of rotatable bonds is 12. The molecule has 74 heavy (non-hydrogen) atoms. The second-order valence-electron chi connectivity index (χ2n) is 16.2. The van der Waals surface area contributed by atoms with Gasteiger partial charge in [-0.25, -0.2) is 26.8 Å². The molecule has 10 rings (SSSR count). The summed E-state index contributed by atoms with van der Waals surface area (Å²) in [7, 11) is -7.41. The van der Waals surface area contributed by atoms with Crippen molar-refractivity contribution in [3.05, 3.63) is 143 Å². The Bertz CT molecular complexity index is 2570. The smallest absolute Gasteiger partial charge is 0.263 e. The quantitative estimate of drug-likeness (QED) is 0.113. The van der Waals surface area contributed by atoms with Gasteiger partial charge in [-0.3, -0.25) is 28.8 Å². The molecule has 4 aliphatic rings. The van der Waals surface area contributed by atoms with E-state index in [0.29, 0.717) is 35.2 Å². The molecule has 6 aromatic rings. The number of amides is 2. The molecule has 6 heterocycles. The fraction of sp³-hybridized carbons (Fsp3) is 0.407. The van der Waals surface area contributed by atoms with E-state index in [9.17, 15) is 26.4 Å². The molecule has 2 N–H and O–H groups in total. The van der Waals surface area contributed by atoms with Gasteiger partial charge in [0.2, 0.25) is 11.8 Å². The second kappa shape index (κ2) is 31.9. The third kappa shape index (κ3) is 16.5. The van der Waals surface area contributed by atoms with Gasteiger partial charge in [0.05, 0.1) is 21.9 Å². The van der Waals surface area contributed by atoms with Gasteiger partial charge < -0.3 is 9.80 Å². The lowest BCUT2D eigenvalue weighted by atomic mass is 9.99. The number of benzene rings is 4. The summed E-state index contributed by atoms with van der Waals surface area (Å²) in [5, 5.41) is 4.06. The van der Waals surface area contributed by atoms with Crippen LogP contribution in [0.1, 0.15) is 104 Å². The minimum atomic E-state index is -3.71. The van der Waals surface area contributed by atoms with E-state index in [0.717, 1.165) is 63.2 Å². The average Bonchev–Trinajstić information content (AvgIpc) is 4.31. The van der Waals surface area contributed by atoms with Crippen LogP contribution in [0.3, 0.4) is 0 Å². The number of carbonyl (C=O) groups excluding carboxylic acids is 2. The van der Waals surface area contributed by atoms with Crippen LogP contribution in [-0.2, 0) is 29.6 Å². The summed E-state index contributed by atoms with van der Waals surface area (Å²) in [6.07, 6.45) is 6.78. The molecular formula is C54H74I2N8O6S4. The van der Waals surface area contributed by atoms with Gasteiger partial charge in [-0.05, 0) is 110 Å². The van der Waals surface area contributed by atoms with Crippen molar-refractivity contribution in [3.8, 4) is 0 Å². The van der Waals surface area contributed by atoms with E-state index in [1.165, 1.54) is 58.1 Å². The standard InChI is InChI=1S/2C23H24N4O3S2.4C2H6.2HI/c2*28-22-21(26-13-10-18(16-26)17-4-2-1-3-5-17)11-14-27(22)19-6-8-20(9-7-19)32(29,30)25-23-24-12-15-31-23;4*1-2;;/h2*1-9,12,15,18,21H,10-11,13-14,16H2,(H,24,25);4*1-2H3;2*1H. The Kier molecular flexibility index (Phi) is 27.7. The molecule has 14 nitrogen and oxygen atoms in total. The maximum absolute atomic E-state index is 13.2. The Hall–Kier alpha value is -4.04. The fourth-order valence-electron chi connectivity index (χ4n) is 9.16. The van der Waals surface area contributed by atoms with Crippen LogP contribution in [0.2, 0.25) is 0 Å². The van der Waals surface area contributed by atoms with Gasteiger partial charge in [0, 0.05) is 60.7 Å². The van der Waals surface area contributed by atoms with Gasteiger partial charge in [-0.1, -0.05) is 116 Å². The van der Waals surface area contributed by atoms with Crippen LogP contribution in [-0.4, -0.2) is 99.8 Å². The predicted octanol–water partition coefficient (Wildman–Crippen LogP) is 12.4. The Labute approximate surface area is 482 Å². The van der Waals surface area contributed by atoms with Gasteiger partial charge in [-0.2, -0.15) is 0 Å². The van der Waals surface area contributed by atoms with E-state index in [1.54, 1.807) is 57.2 Å². The topological polar surface area (TPSA) is 165 Å². The van der Waals surface area contributed by atoms with Crippen LogP contribution in [0.4, 0.5) is 21.6 Å². The van der Waals surface area contributed by atoms with Crippen LogP contribution >= 0.6 is 70.6 Å². The number of halogens is 2. The minimum absolute atomic E-state index is 0. The molecule has 0 aliphatic carbocycles. The SMILES string of the molecule is CC.CC.CC.CC.I.I.O=C1C(N2CCC(c3ccccc3)C2)CCN1c1ccc(S(=O)(=O)Nc2nccs2)cc1.O=C1C(N2CCC(c3ccccc3)C2)CCN1c1ccc(S(=O)(=O)Nc2nccs2)cc1. The van der Waals surface area contributed by atoms with E-state index in [2.05, 4.69) is 77.7 Å². The van der Waals surface area contributed by atoms with Crippen molar-refractivity contribution in [2.45, 2.75) is 115 Å². The number of nitrogens with one attached hydrogen (secondary N) is 2. The molecule has 0 radical (unpaired) electrons. The largest absolute Gasteiger partial charge is 0.311 e. The molecule has 0 saturated carbocycles. The number of anilines is 4. The number of thiazole rings is 2. The molecule has 4 saturated heterocycles. The van der Waals surface area contributed by atoms with Gasteiger partial charge in [0.15, 0.2) is 10.3 Å². The Morgan fingerprint density at radius 2 is 0.811 bits per heavy atom. The van der Waals surface area contributed by atoms with Gasteiger partial charge in [-0.15, -0.1) is 70.6 Å². The first-order valence-electron chi connectivity index (χ1n) is 25.3. The Morgan fingerprint density at radius 1 is 0.473 bits per heavy atom. The first-order valence-corrected chi connectivity index (χ1v) is 30.0. The van der Waals surface area contributed by atoms with Crippen LogP contribution in [0.25, 0.3) is 0 Å². The minimum Gasteiger partial charge on any atom is -0.311 e. The number of hydrogen-bond donors (Lipinski definition) is 2. The molecule has 404 valence electrons. The van der Waals surface area contributed by atoms with Crippen molar-refractivity contribution in [2.75, 3.05) is 58.5 Å². The molecule has 2 aromatic heterocycles. The van der Waals surface area contributed by atoms with E-state index < -0.39 is 20.0 Å². The number of nitrogens with zero attached hydrogens (tertiary/aromatic N) is 6. The molecule has 4 aromatic carbocycles. The Morgan fingerprint density at radius 3 is 1.12 bits per heavy atom. The third-order valence-electron chi connectivity index (χ3n) is 12.4. The molecule has 0 bridgehead atoms. The van der Waals surface area contributed by atoms with E-state index in [4.69, 9.17) is 0 Å². The number of likely N-dealkylation sites (tertiary alicyclic amines) is 2. The highest BCUT2D eigenvalue weighted by atomic mass is 127. The lowest BCUT2D eigenvalue weighted by molar-refractivity contribution is -0.122. The highest BCUT2D eigenvalue weighted by molar-refractivity contribution is 14.0. The van der Waals surface area contributed by atoms with Crippen LogP contribution < -0.4 is 19.2 Å². The molecule has 0 spiro atoms. The fourth-order valence-corrected chi connectivity index (χ4v) is 12.7. The van der Waals surface area contributed by atoms with Crippen molar-refractivity contribution in [3.63, 3.8) is 0 Å². The van der Waals surface area contributed by atoms with Crippen molar-refractivity contribution in [1.82, 2.24) is 19.8 Å². The number of aromatic nitrogens is 2. The molecule has 4 fully saturated rings. The normalized spacial score (nSPS) is 19.2. The van der Waals surface area contributed by atoms with Gasteiger partial charge in [0.25, 0.3) is 20.0 Å². The highest BCUT2D eigenvalue weighted by Crippen LogP contribution is 2.35. The summed E-state index contributed by atoms with van der Waals surface area (Å²) in [6, 6.07) is 33.7. The molecule has 20 heteroatoms. The summed E-state index contributed by atoms with van der Waals surface area (Å²) in [4.78, 5) is 42.7. The summed E-state index contributed by atoms with van der Waals surface area (Å²) in [6.45, 7) is 20.9. The third-order valence-corrected chi connectivity index (χ3v) is 16.8. The zero-order valence-electron chi connectivity index (χ0n) is 43.7. The van der Waals surface area contributed by atoms with Crippen molar-refractivity contribution < 1.29 is 26.4 Å². The number of hydrogen-bond acceptors (Lipinski definition) is 12. The Balaban J connectivity index is 0.000000336. The second-order valence-corrected chi connectivity index (χ2v) is 21.4. The van der Waals surface area contributed by atoms with Gasteiger partial charge in [0.1, 0.15) is 0 Å². The monoisotopic (exact) mass is 1310 g/mol. The lowest BCUT2D eigenvalue weighted by Gasteiger charge is -2.23. The van der Waals surface area contributed by atoms with E-state index >= 15 is 0 Å². The number of carbonyl (C=O) groups is 2. The zero-order valence-corrected chi connectivity index (χ0v) is 51.6. The summed E-state index contributed by atoms with van der Waals surface area (Å²) >= 11 is 2.44. The molecule has 4 atom stereocenters. The summed E-state index contributed by atoms with van der Waals surface area (Å²) in [5.74, 6) is 1.12. The summed E-state index contributed by atoms with van der Waals surface area (Å²) < 4.78 is 55.1. The maximum Gasteiger partial charge on any atom is 0.263 e. The average molecular weight is 1310 g/mol. The first-order chi connectivity index (χ1) is 35.0. The van der Waals surface area contributed by atoms with Crippen molar-refractivity contribution >= 4 is 124 Å². The van der Waals surface area contributed by atoms with Gasteiger partial charge >= 0.3 is 0 Å². The number of sulfonamides is 2. The van der Waals surface area contributed by atoms with Crippen molar-refractivity contribution in [1.29, 1.82) is 0 Å². The lowest BCUT2D eigenvalue weighted by Crippen LogP contribution is -2.40. The van der Waals surface area contributed by atoms with Crippen LogP contribution in [0.15, 0.2) is 142 Å². The van der Waals surface area contributed by atoms with Crippen LogP contribution in [0, 0.1) is 0 Å². The van der Waals surface area contributed by atoms with E-state index in [-0.39, 0.29) is 81.6 Å². The highest BCUT2D eigenvalue weighted by Gasteiger charge is 2.41.